The molecule has 0 atom stereocenters. The third-order valence-electron chi connectivity index (χ3n) is 4.26. The number of nitrogens with two attached hydrogens (primary N) is 1. The molecule has 1 aromatic carbocycles. The molecular formula is C17H22N4O2. The Hall–Kier alpha value is -2.34. The molecule has 6 heteroatoms. The van der Waals surface area contributed by atoms with E-state index in [1.165, 1.54) is 0 Å². The predicted molar refractivity (Wildman–Crippen MR) is 91.7 cm³/mol. The maximum absolute atomic E-state index is 12.5. The summed E-state index contributed by atoms with van der Waals surface area (Å²) in [5.41, 5.74) is 6.28. The molecule has 1 aliphatic heterocycles. The van der Waals surface area contributed by atoms with Crippen molar-refractivity contribution in [1.82, 2.24) is 9.88 Å². The summed E-state index contributed by atoms with van der Waals surface area (Å²) in [4.78, 5) is 25.6. The number of nitrogens with zero attached hydrogens (tertiary/aromatic N) is 2. The second kappa shape index (κ2) is 6.83. The van der Waals surface area contributed by atoms with E-state index in [9.17, 15) is 9.59 Å². The molecular weight excluding hydrogens is 292 g/mol. The lowest BCUT2D eigenvalue weighted by Gasteiger charge is -2.29. The number of benzene rings is 1. The Morgan fingerprint density at radius 3 is 2.74 bits per heavy atom. The summed E-state index contributed by atoms with van der Waals surface area (Å²) in [6.07, 6.45) is 2.68. The quantitative estimate of drug-likeness (QED) is 0.850. The van der Waals surface area contributed by atoms with Crippen LogP contribution in [0.5, 0.6) is 0 Å². The van der Waals surface area contributed by atoms with E-state index in [0.717, 1.165) is 37.3 Å². The van der Waals surface area contributed by atoms with Gasteiger partial charge in [-0.2, -0.15) is 0 Å². The number of amides is 1. The highest BCUT2D eigenvalue weighted by Gasteiger charge is 2.11. The average Bonchev–Trinajstić information content (AvgIpc) is 2.57. The summed E-state index contributed by atoms with van der Waals surface area (Å²) in [6.45, 7) is 4.45. The van der Waals surface area contributed by atoms with Crippen molar-refractivity contribution in [1.29, 1.82) is 0 Å². The minimum atomic E-state index is -0.334. The first-order valence-corrected chi connectivity index (χ1v) is 8.02. The Morgan fingerprint density at radius 2 is 2.00 bits per heavy atom. The van der Waals surface area contributed by atoms with Gasteiger partial charge in [0.25, 0.3) is 5.56 Å². The van der Waals surface area contributed by atoms with Gasteiger partial charge in [0.1, 0.15) is 0 Å². The molecule has 0 unspecified atom stereocenters. The normalized spacial score (nSPS) is 15.0. The van der Waals surface area contributed by atoms with Crippen molar-refractivity contribution in [3.8, 4) is 0 Å². The van der Waals surface area contributed by atoms with Crippen molar-refractivity contribution >= 4 is 22.4 Å². The van der Waals surface area contributed by atoms with Crippen LogP contribution in [0.2, 0.25) is 0 Å². The lowest BCUT2D eigenvalue weighted by atomic mass is 10.1. The Morgan fingerprint density at radius 1 is 1.22 bits per heavy atom. The fourth-order valence-corrected chi connectivity index (χ4v) is 2.99. The smallest absolute Gasteiger partial charge is 0.258 e. The monoisotopic (exact) mass is 314 g/mol. The number of rotatable bonds is 5. The molecule has 3 rings (SSSR count). The van der Waals surface area contributed by atoms with E-state index >= 15 is 0 Å². The number of aromatic nitrogens is 1. The first kappa shape index (κ1) is 15.6. The van der Waals surface area contributed by atoms with E-state index in [4.69, 9.17) is 5.73 Å². The Bertz CT molecular complexity index is 763. The number of nitrogens with one attached hydrogen (secondary N) is 1. The fourth-order valence-electron chi connectivity index (χ4n) is 2.99. The standard InChI is InChI=1S/C17H22N4O2/c18-16(22)2-1-8-21-9-5-13-12-14(3-4-15(13)17(21)23)20-10-6-19-7-11-20/h3-5,9,12,19H,1-2,6-8,10-11H2,(H2,18,22). The third-order valence-corrected chi connectivity index (χ3v) is 4.26. The van der Waals surface area contributed by atoms with Crippen molar-refractivity contribution in [2.24, 2.45) is 5.73 Å². The van der Waals surface area contributed by atoms with Crippen molar-refractivity contribution in [2.75, 3.05) is 31.1 Å². The van der Waals surface area contributed by atoms with Crippen LogP contribution in [0.3, 0.4) is 0 Å². The fraction of sp³-hybridized carbons (Fsp3) is 0.412. The molecule has 6 nitrogen and oxygen atoms in total. The number of hydrogen-bond donors (Lipinski definition) is 2. The number of fused-ring (bicyclic) bond motifs is 1. The third kappa shape index (κ3) is 3.53. The van der Waals surface area contributed by atoms with Crippen LogP contribution in [0, 0.1) is 0 Å². The maximum atomic E-state index is 12.5. The molecule has 0 saturated carbocycles. The van der Waals surface area contributed by atoms with Gasteiger partial charge in [0.15, 0.2) is 0 Å². The number of pyridine rings is 1. The van der Waals surface area contributed by atoms with Gasteiger partial charge in [0.2, 0.25) is 5.91 Å². The molecule has 0 aliphatic carbocycles. The van der Waals surface area contributed by atoms with Crippen molar-refractivity contribution in [3.63, 3.8) is 0 Å². The van der Waals surface area contributed by atoms with Crippen LogP contribution in [0.4, 0.5) is 5.69 Å². The van der Waals surface area contributed by atoms with Crippen LogP contribution < -0.4 is 21.5 Å². The molecule has 122 valence electrons. The van der Waals surface area contributed by atoms with Gasteiger partial charge in [-0.3, -0.25) is 9.59 Å². The second-order valence-corrected chi connectivity index (χ2v) is 5.89. The minimum Gasteiger partial charge on any atom is -0.370 e. The number of primary amides is 1. The van der Waals surface area contributed by atoms with E-state index in [0.29, 0.717) is 24.8 Å². The van der Waals surface area contributed by atoms with Gasteiger partial charge in [-0.1, -0.05) is 0 Å². The van der Waals surface area contributed by atoms with Crippen molar-refractivity contribution in [3.05, 3.63) is 40.8 Å². The van der Waals surface area contributed by atoms with Gasteiger partial charge in [-0.25, -0.2) is 0 Å². The summed E-state index contributed by atoms with van der Waals surface area (Å²) in [7, 11) is 0. The zero-order valence-electron chi connectivity index (χ0n) is 13.1. The summed E-state index contributed by atoms with van der Waals surface area (Å²) in [6, 6.07) is 7.96. The molecule has 23 heavy (non-hydrogen) atoms. The van der Waals surface area contributed by atoms with E-state index in [1.807, 2.05) is 18.2 Å². The van der Waals surface area contributed by atoms with Crippen LogP contribution in [-0.2, 0) is 11.3 Å². The van der Waals surface area contributed by atoms with E-state index < -0.39 is 0 Å². The Labute approximate surface area is 134 Å². The Kier molecular flexibility index (Phi) is 4.62. The number of piperazine rings is 1. The zero-order chi connectivity index (χ0) is 16.2. The van der Waals surface area contributed by atoms with Crippen LogP contribution in [-0.4, -0.2) is 36.7 Å². The molecule has 0 spiro atoms. The molecule has 1 aromatic heterocycles. The molecule has 1 amide bonds. The van der Waals surface area contributed by atoms with E-state index in [1.54, 1.807) is 10.8 Å². The molecule has 1 fully saturated rings. The number of carbonyl (C=O) groups is 1. The number of anilines is 1. The van der Waals surface area contributed by atoms with Crippen molar-refractivity contribution < 1.29 is 4.79 Å². The molecule has 3 N–H and O–H groups in total. The van der Waals surface area contributed by atoms with E-state index in [-0.39, 0.29) is 11.5 Å². The highest BCUT2D eigenvalue weighted by atomic mass is 16.1. The molecule has 1 aliphatic rings. The predicted octanol–water partition coefficient (Wildman–Crippen LogP) is 0.677. The molecule has 2 aromatic rings. The highest BCUT2D eigenvalue weighted by Crippen LogP contribution is 2.20. The summed E-state index contributed by atoms with van der Waals surface area (Å²) in [5.74, 6) is -0.334. The SMILES string of the molecule is NC(=O)CCCn1ccc2cc(N3CCNCC3)ccc2c1=O. The molecule has 0 radical (unpaired) electrons. The molecule has 2 heterocycles. The topological polar surface area (TPSA) is 80.4 Å². The minimum absolute atomic E-state index is 0.0150. The van der Waals surface area contributed by atoms with Gasteiger partial charge in [0.05, 0.1) is 0 Å². The van der Waals surface area contributed by atoms with Gasteiger partial charge >= 0.3 is 0 Å². The van der Waals surface area contributed by atoms with Gasteiger partial charge in [0, 0.05) is 56.4 Å². The number of aryl methyl sites for hydroxylation is 1. The first-order valence-electron chi connectivity index (χ1n) is 8.02. The molecule has 1 saturated heterocycles. The lowest BCUT2D eigenvalue weighted by molar-refractivity contribution is -0.118. The summed E-state index contributed by atoms with van der Waals surface area (Å²) < 4.78 is 1.65. The Balaban J connectivity index is 1.84. The number of carbonyl (C=O) groups excluding carboxylic acids is 1. The molecule has 0 bridgehead atoms. The largest absolute Gasteiger partial charge is 0.370 e. The first-order chi connectivity index (χ1) is 11.1. The number of hydrogen-bond acceptors (Lipinski definition) is 4. The van der Waals surface area contributed by atoms with Crippen LogP contribution in [0.25, 0.3) is 10.8 Å². The second-order valence-electron chi connectivity index (χ2n) is 5.89. The zero-order valence-corrected chi connectivity index (χ0v) is 13.1. The van der Waals surface area contributed by atoms with Gasteiger partial charge in [-0.15, -0.1) is 0 Å². The summed E-state index contributed by atoms with van der Waals surface area (Å²) in [5, 5.41) is 5.01. The van der Waals surface area contributed by atoms with Crippen LogP contribution in [0.1, 0.15) is 12.8 Å². The van der Waals surface area contributed by atoms with Crippen LogP contribution in [0.15, 0.2) is 35.3 Å². The van der Waals surface area contributed by atoms with Gasteiger partial charge in [-0.05, 0) is 36.1 Å². The van der Waals surface area contributed by atoms with Gasteiger partial charge < -0.3 is 20.5 Å². The van der Waals surface area contributed by atoms with E-state index in [2.05, 4.69) is 16.3 Å². The summed E-state index contributed by atoms with van der Waals surface area (Å²) >= 11 is 0. The highest BCUT2D eigenvalue weighted by molar-refractivity contribution is 5.85. The average molecular weight is 314 g/mol. The lowest BCUT2D eigenvalue weighted by Crippen LogP contribution is -2.43. The van der Waals surface area contributed by atoms with Crippen LogP contribution >= 0.6 is 0 Å². The van der Waals surface area contributed by atoms with Crippen molar-refractivity contribution in [2.45, 2.75) is 19.4 Å². The maximum Gasteiger partial charge on any atom is 0.258 e.